The largest absolute Gasteiger partial charge is 0.417 e. The van der Waals surface area contributed by atoms with Crippen molar-refractivity contribution in [1.29, 1.82) is 0 Å². The maximum Gasteiger partial charge on any atom is 0.417 e. The van der Waals surface area contributed by atoms with Gasteiger partial charge in [0.05, 0.1) is 22.0 Å². The molecule has 3 rings (SSSR count). The Labute approximate surface area is 154 Å². The van der Waals surface area contributed by atoms with E-state index in [0.29, 0.717) is 12.3 Å². The zero-order valence-electron chi connectivity index (χ0n) is 13.7. The number of rotatable bonds is 3. The normalized spacial score (nSPS) is 11.8. The third kappa shape index (κ3) is 3.59. The van der Waals surface area contributed by atoms with Gasteiger partial charge in [-0.1, -0.05) is 18.5 Å². The molecule has 0 saturated carbocycles. The quantitative estimate of drug-likeness (QED) is 0.618. The third-order valence-electron chi connectivity index (χ3n) is 3.80. The van der Waals surface area contributed by atoms with Gasteiger partial charge in [-0.25, -0.2) is 13.8 Å². The molecular formula is C17H11ClF5N3O. The van der Waals surface area contributed by atoms with Crippen LogP contribution in [0.25, 0.3) is 5.65 Å². The Morgan fingerprint density at radius 3 is 2.59 bits per heavy atom. The maximum atomic E-state index is 13.8. The molecule has 0 unspecified atom stereocenters. The first-order valence-electron chi connectivity index (χ1n) is 7.66. The van der Waals surface area contributed by atoms with Crippen molar-refractivity contribution in [3.05, 3.63) is 64.1 Å². The highest BCUT2D eigenvalue weighted by molar-refractivity contribution is 6.33. The third-order valence-corrected chi connectivity index (χ3v) is 4.08. The van der Waals surface area contributed by atoms with Crippen LogP contribution in [0.5, 0.6) is 0 Å². The molecule has 4 nitrogen and oxygen atoms in total. The first kappa shape index (κ1) is 19.1. The molecule has 1 N–H and O–H groups in total. The van der Waals surface area contributed by atoms with Gasteiger partial charge in [-0.3, -0.25) is 9.20 Å². The van der Waals surface area contributed by atoms with Gasteiger partial charge in [0.2, 0.25) is 0 Å². The van der Waals surface area contributed by atoms with Crippen LogP contribution < -0.4 is 5.32 Å². The summed E-state index contributed by atoms with van der Waals surface area (Å²) in [5.74, 6) is -2.63. The lowest BCUT2D eigenvalue weighted by Crippen LogP contribution is -2.18. The highest BCUT2D eigenvalue weighted by atomic mass is 35.5. The van der Waals surface area contributed by atoms with Crippen molar-refractivity contribution in [1.82, 2.24) is 9.38 Å². The van der Waals surface area contributed by atoms with E-state index in [-0.39, 0.29) is 28.5 Å². The van der Waals surface area contributed by atoms with E-state index in [1.165, 1.54) is 0 Å². The topological polar surface area (TPSA) is 46.4 Å². The SMILES string of the molecule is CCc1nc2c(Cl)cc(C(F)(F)F)cn2c1C(=O)Nc1cc(F)ccc1F. The predicted octanol–water partition coefficient (Wildman–Crippen LogP) is 5.10. The Kier molecular flexibility index (Phi) is 4.81. The first-order valence-corrected chi connectivity index (χ1v) is 8.03. The number of fused-ring (bicyclic) bond motifs is 1. The molecule has 27 heavy (non-hydrogen) atoms. The average Bonchev–Trinajstić information content (AvgIpc) is 2.96. The van der Waals surface area contributed by atoms with E-state index >= 15 is 0 Å². The zero-order chi connectivity index (χ0) is 19.9. The molecule has 0 aliphatic rings. The summed E-state index contributed by atoms with van der Waals surface area (Å²) in [5.41, 5.74) is -1.66. The maximum absolute atomic E-state index is 13.8. The van der Waals surface area contributed by atoms with Crippen LogP contribution in [-0.2, 0) is 12.6 Å². The second-order valence-electron chi connectivity index (χ2n) is 5.61. The van der Waals surface area contributed by atoms with Gasteiger partial charge < -0.3 is 5.32 Å². The van der Waals surface area contributed by atoms with E-state index in [1.54, 1.807) is 6.92 Å². The van der Waals surface area contributed by atoms with E-state index < -0.39 is 35.0 Å². The van der Waals surface area contributed by atoms with Crippen LogP contribution >= 0.6 is 11.6 Å². The molecule has 2 aromatic heterocycles. The number of nitrogens with one attached hydrogen (secondary N) is 1. The first-order chi connectivity index (χ1) is 12.6. The average molecular weight is 404 g/mol. The molecule has 0 bridgehead atoms. The van der Waals surface area contributed by atoms with Gasteiger partial charge in [-0.2, -0.15) is 13.2 Å². The van der Waals surface area contributed by atoms with Crippen molar-refractivity contribution in [2.24, 2.45) is 0 Å². The summed E-state index contributed by atoms with van der Waals surface area (Å²) in [6.07, 6.45) is -3.81. The highest BCUT2D eigenvalue weighted by Gasteiger charge is 2.33. The number of aromatic nitrogens is 2. The Morgan fingerprint density at radius 2 is 1.96 bits per heavy atom. The summed E-state index contributed by atoms with van der Waals surface area (Å²) in [6, 6.07) is 3.15. The summed E-state index contributed by atoms with van der Waals surface area (Å²) in [4.78, 5) is 16.7. The summed E-state index contributed by atoms with van der Waals surface area (Å²) < 4.78 is 67.2. The molecule has 142 valence electrons. The smallest absolute Gasteiger partial charge is 0.318 e. The van der Waals surface area contributed by atoms with Crippen LogP contribution in [0.4, 0.5) is 27.6 Å². The van der Waals surface area contributed by atoms with Gasteiger partial charge in [0.25, 0.3) is 5.91 Å². The number of nitrogens with zero attached hydrogens (tertiary/aromatic N) is 2. The monoisotopic (exact) mass is 403 g/mol. The van der Waals surface area contributed by atoms with E-state index in [0.717, 1.165) is 22.6 Å². The number of carbonyl (C=O) groups excluding carboxylic acids is 1. The Hall–Kier alpha value is -2.68. The van der Waals surface area contributed by atoms with Gasteiger partial charge in [0, 0.05) is 12.3 Å². The fourth-order valence-electron chi connectivity index (χ4n) is 2.57. The lowest BCUT2D eigenvalue weighted by Gasteiger charge is -2.11. The minimum Gasteiger partial charge on any atom is -0.318 e. The molecule has 0 fully saturated rings. The Balaban J connectivity index is 2.15. The number of hydrogen-bond donors (Lipinski definition) is 1. The molecule has 0 aliphatic heterocycles. The highest BCUT2D eigenvalue weighted by Crippen LogP contribution is 2.33. The van der Waals surface area contributed by atoms with Crippen LogP contribution in [-0.4, -0.2) is 15.3 Å². The Bertz CT molecular complexity index is 1050. The number of pyridine rings is 1. The molecule has 0 atom stereocenters. The number of hydrogen-bond acceptors (Lipinski definition) is 2. The van der Waals surface area contributed by atoms with Crippen LogP contribution in [0.15, 0.2) is 30.5 Å². The van der Waals surface area contributed by atoms with Crippen LogP contribution in [0, 0.1) is 11.6 Å². The molecule has 3 aromatic rings. The van der Waals surface area contributed by atoms with Gasteiger partial charge >= 0.3 is 6.18 Å². The van der Waals surface area contributed by atoms with Crippen LogP contribution in [0.2, 0.25) is 5.02 Å². The fraction of sp³-hybridized carbons (Fsp3) is 0.176. The minimum absolute atomic E-state index is 0.0496. The summed E-state index contributed by atoms with van der Waals surface area (Å²) in [6.45, 7) is 1.64. The summed E-state index contributed by atoms with van der Waals surface area (Å²) in [5, 5.41) is 1.86. The van der Waals surface area contributed by atoms with Gasteiger partial charge in [0.1, 0.15) is 17.3 Å². The van der Waals surface area contributed by atoms with Crippen LogP contribution in [0.1, 0.15) is 28.7 Å². The number of imidazole rings is 1. The van der Waals surface area contributed by atoms with Gasteiger partial charge in [0.15, 0.2) is 5.65 Å². The van der Waals surface area contributed by atoms with E-state index in [4.69, 9.17) is 11.6 Å². The molecule has 2 heterocycles. The van der Waals surface area contributed by atoms with Crippen molar-refractivity contribution in [3.63, 3.8) is 0 Å². The molecule has 10 heteroatoms. The number of aryl methyl sites for hydroxylation is 1. The van der Waals surface area contributed by atoms with E-state index in [2.05, 4.69) is 10.3 Å². The molecular weight excluding hydrogens is 393 g/mol. The van der Waals surface area contributed by atoms with Gasteiger partial charge in [-0.05, 0) is 24.6 Å². The number of alkyl halides is 3. The molecule has 0 radical (unpaired) electrons. The second-order valence-corrected chi connectivity index (χ2v) is 6.01. The zero-order valence-corrected chi connectivity index (χ0v) is 14.4. The summed E-state index contributed by atoms with van der Waals surface area (Å²) in [7, 11) is 0. The van der Waals surface area contributed by atoms with Crippen molar-refractivity contribution < 1.29 is 26.7 Å². The number of amides is 1. The van der Waals surface area contributed by atoms with Crippen molar-refractivity contribution in [3.8, 4) is 0 Å². The van der Waals surface area contributed by atoms with Crippen molar-refractivity contribution in [2.45, 2.75) is 19.5 Å². The number of carbonyl (C=O) groups is 1. The lowest BCUT2D eigenvalue weighted by molar-refractivity contribution is -0.137. The van der Waals surface area contributed by atoms with E-state index in [9.17, 15) is 26.7 Å². The Morgan fingerprint density at radius 1 is 1.26 bits per heavy atom. The lowest BCUT2D eigenvalue weighted by atomic mass is 10.2. The minimum atomic E-state index is -4.70. The van der Waals surface area contributed by atoms with Crippen molar-refractivity contribution in [2.75, 3.05) is 5.32 Å². The van der Waals surface area contributed by atoms with Crippen molar-refractivity contribution >= 4 is 28.8 Å². The van der Waals surface area contributed by atoms with Crippen LogP contribution in [0.3, 0.4) is 0 Å². The molecule has 0 spiro atoms. The summed E-state index contributed by atoms with van der Waals surface area (Å²) >= 11 is 5.90. The number of benzene rings is 1. The number of anilines is 1. The van der Waals surface area contributed by atoms with E-state index in [1.807, 2.05) is 0 Å². The molecule has 1 amide bonds. The second kappa shape index (κ2) is 6.80. The molecule has 0 aliphatic carbocycles. The molecule has 1 aromatic carbocycles. The fourth-order valence-corrected chi connectivity index (χ4v) is 2.82. The molecule has 0 saturated heterocycles. The van der Waals surface area contributed by atoms with Gasteiger partial charge in [-0.15, -0.1) is 0 Å². The number of halogens is 6. The standard InChI is InChI=1S/C17H11ClF5N3O/c1-2-12-14(16(27)25-13-6-9(19)3-4-11(13)20)26-7-8(17(21,22)23)5-10(18)15(26)24-12/h3-7H,2H2,1H3,(H,25,27). The predicted molar refractivity (Wildman–Crippen MR) is 88.9 cm³/mol.